The van der Waals surface area contributed by atoms with Crippen LogP contribution >= 0.6 is 11.6 Å². The molecule has 0 radical (unpaired) electrons. The molecule has 2 aromatic rings. The number of fused-ring (bicyclic) bond motifs is 1. The minimum absolute atomic E-state index is 0.261. The van der Waals surface area contributed by atoms with Crippen LogP contribution in [0.25, 0.3) is 0 Å². The van der Waals surface area contributed by atoms with E-state index >= 15 is 0 Å². The Bertz CT molecular complexity index is 819. The van der Waals surface area contributed by atoms with E-state index in [1.807, 2.05) is 0 Å². The third kappa shape index (κ3) is 3.02. The molecule has 0 bridgehead atoms. The fourth-order valence-electron chi connectivity index (χ4n) is 2.32. The highest BCUT2D eigenvalue weighted by Gasteiger charge is 2.39. The Morgan fingerprint density at radius 3 is 2.78 bits per heavy atom. The standard InChI is InChI=1S/C16H11ClN2O4/c17-10-4-3-5-11(8-10)18-9-14(19(21)22)15-12-6-1-2-7-13(12)16(20)23-15/h1-9,15,18H/t15-/m1/s1. The van der Waals surface area contributed by atoms with Crippen LogP contribution in [0, 0.1) is 10.1 Å². The molecular weight excluding hydrogens is 320 g/mol. The largest absolute Gasteiger partial charge is 0.442 e. The Morgan fingerprint density at radius 1 is 1.26 bits per heavy atom. The van der Waals surface area contributed by atoms with Crippen molar-refractivity contribution in [2.24, 2.45) is 0 Å². The molecule has 0 unspecified atom stereocenters. The van der Waals surface area contributed by atoms with Gasteiger partial charge < -0.3 is 10.1 Å². The van der Waals surface area contributed by atoms with Crippen LogP contribution in [0.5, 0.6) is 0 Å². The van der Waals surface area contributed by atoms with Gasteiger partial charge in [-0.3, -0.25) is 10.1 Å². The number of benzene rings is 2. The molecule has 0 saturated heterocycles. The van der Waals surface area contributed by atoms with Crippen molar-refractivity contribution < 1.29 is 14.5 Å². The number of esters is 1. The van der Waals surface area contributed by atoms with E-state index in [1.165, 1.54) is 6.20 Å². The molecule has 0 fully saturated rings. The Kier molecular flexibility index (Phi) is 3.99. The van der Waals surface area contributed by atoms with Crippen molar-refractivity contribution in [3.8, 4) is 0 Å². The maximum atomic E-state index is 11.8. The number of hydrogen-bond donors (Lipinski definition) is 1. The predicted molar refractivity (Wildman–Crippen MR) is 84.8 cm³/mol. The minimum Gasteiger partial charge on any atom is -0.442 e. The Labute approximate surface area is 136 Å². The summed E-state index contributed by atoms with van der Waals surface area (Å²) < 4.78 is 5.15. The molecule has 7 heteroatoms. The maximum Gasteiger partial charge on any atom is 0.339 e. The van der Waals surface area contributed by atoms with Crippen LogP contribution in [-0.4, -0.2) is 10.9 Å². The van der Waals surface area contributed by atoms with Crippen molar-refractivity contribution in [3.63, 3.8) is 0 Å². The number of ether oxygens (including phenoxy) is 1. The summed E-state index contributed by atoms with van der Waals surface area (Å²) in [5, 5.41) is 14.7. The van der Waals surface area contributed by atoms with Gasteiger partial charge in [0.15, 0.2) is 0 Å². The zero-order valence-corrected chi connectivity index (χ0v) is 12.5. The van der Waals surface area contributed by atoms with E-state index in [1.54, 1.807) is 48.5 Å². The van der Waals surface area contributed by atoms with Gasteiger partial charge in [0.25, 0.3) is 0 Å². The summed E-state index contributed by atoms with van der Waals surface area (Å²) in [6, 6.07) is 13.4. The summed E-state index contributed by atoms with van der Waals surface area (Å²) in [5.74, 6) is -0.568. The number of anilines is 1. The highest BCUT2D eigenvalue weighted by Crippen LogP contribution is 2.35. The van der Waals surface area contributed by atoms with E-state index < -0.39 is 17.0 Å². The fourth-order valence-corrected chi connectivity index (χ4v) is 2.52. The van der Waals surface area contributed by atoms with Gasteiger partial charge in [-0.1, -0.05) is 35.9 Å². The molecule has 3 rings (SSSR count). The monoisotopic (exact) mass is 330 g/mol. The molecule has 6 nitrogen and oxygen atoms in total. The first-order valence-electron chi connectivity index (χ1n) is 6.73. The Morgan fingerprint density at radius 2 is 2.04 bits per heavy atom. The van der Waals surface area contributed by atoms with E-state index in [-0.39, 0.29) is 5.70 Å². The Balaban J connectivity index is 1.93. The topological polar surface area (TPSA) is 81.5 Å². The highest BCUT2D eigenvalue weighted by atomic mass is 35.5. The second-order valence-electron chi connectivity index (χ2n) is 4.85. The van der Waals surface area contributed by atoms with Crippen LogP contribution in [0.4, 0.5) is 5.69 Å². The van der Waals surface area contributed by atoms with Crippen LogP contribution in [0.3, 0.4) is 0 Å². The summed E-state index contributed by atoms with van der Waals surface area (Å²) in [7, 11) is 0. The summed E-state index contributed by atoms with van der Waals surface area (Å²) in [5.41, 5.74) is 1.15. The van der Waals surface area contributed by atoms with Gasteiger partial charge in [-0.2, -0.15) is 0 Å². The van der Waals surface area contributed by atoms with Gasteiger partial charge >= 0.3 is 11.7 Å². The smallest absolute Gasteiger partial charge is 0.339 e. The van der Waals surface area contributed by atoms with E-state index in [9.17, 15) is 14.9 Å². The number of cyclic esters (lactones) is 1. The molecule has 1 N–H and O–H groups in total. The normalized spacial score (nSPS) is 16.7. The SMILES string of the molecule is O=C1O[C@@H](C(=CNc2cccc(Cl)c2)[N+](=O)[O-])c2ccccc21. The molecule has 0 aromatic heterocycles. The van der Waals surface area contributed by atoms with E-state index in [0.29, 0.717) is 21.8 Å². The van der Waals surface area contributed by atoms with Crippen molar-refractivity contribution in [3.05, 3.63) is 86.7 Å². The van der Waals surface area contributed by atoms with E-state index in [0.717, 1.165) is 0 Å². The summed E-state index contributed by atoms with van der Waals surface area (Å²) >= 11 is 5.87. The fraction of sp³-hybridized carbons (Fsp3) is 0.0625. The number of halogens is 1. The van der Waals surface area contributed by atoms with Crippen LogP contribution in [0.15, 0.2) is 60.4 Å². The quantitative estimate of drug-likeness (QED) is 0.524. The van der Waals surface area contributed by atoms with E-state index in [2.05, 4.69) is 5.32 Å². The van der Waals surface area contributed by atoms with Gasteiger partial charge in [-0.05, 0) is 24.3 Å². The lowest BCUT2D eigenvalue weighted by molar-refractivity contribution is -0.436. The van der Waals surface area contributed by atoms with Crippen molar-refractivity contribution in [1.82, 2.24) is 0 Å². The molecular formula is C16H11ClN2O4. The van der Waals surface area contributed by atoms with E-state index in [4.69, 9.17) is 16.3 Å². The second-order valence-corrected chi connectivity index (χ2v) is 5.29. The number of nitrogens with zero attached hydrogens (tertiary/aromatic N) is 1. The lowest BCUT2D eigenvalue weighted by Gasteiger charge is -2.09. The van der Waals surface area contributed by atoms with Crippen molar-refractivity contribution in [1.29, 1.82) is 0 Å². The van der Waals surface area contributed by atoms with Gasteiger partial charge in [0.05, 0.1) is 16.7 Å². The average Bonchev–Trinajstić information content (AvgIpc) is 2.85. The zero-order valence-electron chi connectivity index (χ0n) is 11.7. The maximum absolute atomic E-state index is 11.8. The first kappa shape index (κ1) is 15.1. The number of nitrogens with one attached hydrogen (secondary N) is 1. The van der Waals surface area contributed by atoms with Gasteiger partial charge in [-0.15, -0.1) is 0 Å². The third-order valence-electron chi connectivity index (χ3n) is 3.38. The number of rotatable bonds is 4. The highest BCUT2D eigenvalue weighted by molar-refractivity contribution is 6.30. The van der Waals surface area contributed by atoms with Crippen LogP contribution < -0.4 is 5.32 Å². The molecule has 0 saturated carbocycles. The van der Waals surface area contributed by atoms with Gasteiger partial charge in [0.1, 0.15) is 0 Å². The molecule has 1 heterocycles. The molecule has 0 amide bonds. The summed E-state index contributed by atoms with van der Waals surface area (Å²) in [6.07, 6.45) is 0.173. The van der Waals surface area contributed by atoms with Gasteiger partial charge in [-0.25, -0.2) is 4.79 Å². The predicted octanol–water partition coefficient (Wildman–Crippen LogP) is 3.78. The summed E-state index contributed by atoms with van der Waals surface area (Å²) in [6.45, 7) is 0. The average molecular weight is 331 g/mol. The van der Waals surface area contributed by atoms with Crippen molar-refractivity contribution >= 4 is 23.3 Å². The zero-order chi connectivity index (χ0) is 16.4. The molecule has 1 aliphatic heterocycles. The number of nitro groups is 1. The number of carbonyl (C=O) groups excluding carboxylic acids is 1. The first-order chi connectivity index (χ1) is 11.1. The van der Waals surface area contributed by atoms with Gasteiger partial charge in [0, 0.05) is 16.3 Å². The van der Waals surface area contributed by atoms with Crippen LogP contribution in [-0.2, 0) is 4.74 Å². The molecule has 2 aromatic carbocycles. The molecule has 0 aliphatic carbocycles. The Hall–Kier alpha value is -2.86. The second kappa shape index (κ2) is 6.10. The van der Waals surface area contributed by atoms with Crippen LogP contribution in [0.2, 0.25) is 5.02 Å². The molecule has 116 valence electrons. The number of hydrogen-bond acceptors (Lipinski definition) is 5. The van der Waals surface area contributed by atoms with Gasteiger partial charge in [0.2, 0.25) is 6.10 Å². The van der Waals surface area contributed by atoms with Crippen molar-refractivity contribution in [2.45, 2.75) is 6.10 Å². The first-order valence-corrected chi connectivity index (χ1v) is 7.10. The molecule has 1 atom stereocenters. The lowest BCUT2D eigenvalue weighted by atomic mass is 10.0. The molecule has 1 aliphatic rings. The summed E-state index contributed by atoms with van der Waals surface area (Å²) in [4.78, 5) is 22.6. The molecule has 23 heavy (non-hydrogen) atoms. The number of carbonyl (C=O) groups is 1. The van der Waals surface area contributed by atoms with Crippen molar-refractivity contribution in [2.75, 3.05) is 5.32 Å². The third-order valence-corrected chi connectivity index (χ3v) is 3.61. The minimum atomic E-state index is -1.04. The molecule has 0 spiro atoms. The van der Waals surface area contributed by atoms with Crippen LogP contribution in [0.1, 0.15) is 22.0 Å². The lowest BCUT2D eigenvalue weighted by Crippen LogP contribution is -2.12.